The van der Waals surface area contributed by atoms with Gasteiger partial charge in [-0.15, -0.1) is 0 Å². The monoisotopic (exact) mass is 405 g/mol. The van der Waals surface area contributed by atoms with Gasteiger partial charge in [-0.25, -0.2) is 0 Å². The van der Waals surface area contributed by atoms with Crippen molar-refractivity contribution >= 4 is 34.1 Å². The molecule has 3 aromatic rings. The minimum Gasteiger partial charge on any atom is -0.325 e. The number of aryl methyl sites for hydroxylation is 1. The SMILES string of the molecule is CCCCC(=O)Nc1cccc2[nH]c(=O)c(C(=O)N(CC)c3ccc(C)cc3)cc12. The fourth-order valence-electron chi connectivity index (χ4n) is 3.36. The van der Waals surface area contributed by atoms with Crippen LogP contribution < -0.4 is 15.8 Å². The van der Waals surface area contributed by atoms with Crippen molar-refractivity contribution in [3.8, 4) is 0 Å². The summed E-state index contributed by atoms with van der Waals surface area (Å²) in [5.74, 6) is -0.463. The van der Waals surface area contributed by atoms with Crippen molar-refractivity contribution in [3.63, 3.8) is 0 Å². The number of rotatable bonds is 7. The second kappa shape index (κ2) is 9.39. The summed E-state index contributed by atoms with van der Waals surface area (Å²) < 4.78 is 0. The van der Waals surface area contributed by atoms with Crippen LogP contribution in [0.15, 0.2) is 53.3 Å². The van der Waals surface area contributed by atoms with E-state index >= 15 is 0 Å². The number of pyridine rings is 1. The number of carbonyl (C=O) groups excluding carboxylic acids is 2. The highest BCUT2D eigenvalue weighted by Gasteiger charge is 2.20. The van der Waals surface area contributed by atoms with Gasteiger partial charge in [0.05, 0.1) is 11.2 Å². The van der Waals surface area contributed by atoms with E-state index in [1.54, 1.807) is 29.2 Å². The Kier molecular flexibility index (Phi) is 6.67. The molecule has 1 heterocycles. The smallest absolute Gasteiger partial charge is 0.263 e. The molecule has 0 aliphatic heterocycles. The first-order valence-corrected chi connectivity index (χ1v) is 10.3. The highest BCUT2D eigenvalue weighted by Crippen LogP contribution is 2.24. The molecular formula is C24H27N3O3. The largest absolute Gasteiger partial charge is 0.325 e. The number of nitrogens with one attached hydrogen (secondary N) is 2. The Morgan fingerprint density at radius 3 is 2.47 bits per heavy atom. The maximum absolute atomic E-state index is 13.2. The normalized spacial score (nSPS) is 10.8. The van der Waals surface area contributed by atoms with E-state index in [0.29, 0.717) is 29.6 Å². The number of hydrogen-bond donors (Lipinski definition) is 2. The van der Waals surface area contributed by atoms with Crippen LogP contribution >= 0.6 is 0 Å². The third-order valence-corrected chi connectivity index (χ3v) is 5.06. The van der Waals surface area contributed by atoms with Crippen LogP contribution in [0.5, 0.6) is 0 Å². The lowest BCUT2D eigenvalue weighted by Crippen LogP contribution is -2.34. The third kappa shape index (κ3) is 4.59. The molecule has 6 heteroatoms. The molecule has 156 valence electrons. The van der Waals surface area contributed by atoms with Crippen molar-refractivity contribution in [3.05, 3.63) is 70.0 Å². The molecule has 0 saturated carbocycles. The zero-order valence-corrected chi connectivity index (χ0v) is 17.6. The molecule has 6 nitrogen and oxygen atoms in total. The predicted octanol–water partition coefficient (Wildman–Crippen LogP) is 4.63. The van der Waals surface area contributed by atoms with Crippen molar-refractivity contribution < 1.29 is 9.59 Å². The number of unbranched alkanes of at least 4 members (excludes halogenated alkanes) is 1. The van der Waals surface area contributed by atoms with E-state index in [-0.39, 0.29) is 17.4 Å². The van der Waals surface area contributed by atoms with Gasteiger partial charge in [-0.2, -0.15) is 0 Å². The quantitative estimate of drug-likeness (QED) is 0.601. The van der Waals surface area contributed by atoms with Crippen molar-refractivity contribution in [1.82, 2.24) is 4.98 Å². The van der Waals surface area contributed by atoms with Crippen molar-refractivity contribution in [1.29, 1.82) is 0 Å². The lowest BCUT2D eigenvalue weighted by atomic mass is 10.1. The van der Waals surface area contributed by atoms with Crippen LogP contribution in [0.4, 0.5) is 11.4 Å². The van der Waals surface area contributed by atoms with Gasteiger partial charge in [-0.05, 0) is 50.6 Å². The number of benzene rings is 2. The molecule has 0 unspecified atom stereocenters. The molecule has 0 saturated heterocycles. The molecular weight excluding hydrogens is 378 g/mol. The molecule has 30 heavy (non-hydrogen) atoms. The summed E-state index contributed by atoms with van der Waals surface area (Å²) in [5, 5.41) is 3.53. The van der Waals surface area contributed by atoms with Gasteiger partial charge in [-0.1, -0.05) is 37.1 Å². The van der Waals surface area contributed by atoms with E-state index in [0.717, 1.165) is 24.1 Å². The van der Waals surface area contributed by atoms with Gasteiger partial charge in [0.1, 0.15) is 5.56 Å². The fourth-order valence-corrected chi connectivity index (χ4v) is 3.36. The number of aromatic nitrogens is 1. The molecule has 0 radical (unpaired) electrons. The van der Waals surface area contributed by atoms with Gasteiger partial charge in [-0.3, -0.25) is 14.4 Å². The van der Waals surface area contributed by atoms with Crippen LogP contribution in [0.3, 0.4) is 0 Å². The lowest BCUT2D eigenvalue weighted by molar-refractivity contribution is -0.116. The number of carbonyl (C=O) groups is 2. The number of anilines is 2. The molecule has 0 fully saturated rings. The number of H-pyrrole nitrogens is 1. The summed E-state index contributed by atoms with van der Waals surface area (Å²) in [6, 6.07) is 14.5. The van der Waals surface area contributed by atoms with Gasteiger partial charge >= 0.3 is 0 Å². The van der Waals surface area contributed by atoms with Gasteiger partial charge < -0.3 is 15.2 Å². The van der Waals surface area contributed by atoms with Gasteiger partial charge in [0, 0.05) is 24.0 Å². The third-order valence-electron chi connectivity index (χ3n) is 5.06. The Bertz CT molecular complexity index is 1120. The van der Waals surface area contributed by atoms with Crippen molar-refractivity contribution in [2.45, 2.75) is 40.0 Å². The Balaban J connectivity index is 2.00. The first kappa shape index (κ1) is 21.3. The Morgan fingerprint density at radius 2 is 1.80 bits per heavy atom. The highest BCUT2D eigenvalue weighted by atomic mass is 16.2. The maximum atomic E-state index is 13.2. The van der Waals surface area contributed by atoms with E-state index < -0.39 is 5.56 Å². The number of fused-ring (bicyclic) bond motifs is 1. The molecule has 1 aromatic heterocycles. The summed E-state index contributed by atoms with van der Waals surface area (Å²) >= 11 is 0. The first-order valence-electron chi connectivity index (χ1n) is 10.3. The zero-order chi connectivity index (χ0) is 21.7. The summed E-state index contributed by atoms with van der Waals surface area (Å²) in [5.41, 5.74) is 2.57. The zero-order valence-electron chi connectivity index (χ0n) is 17.6. The van der Waals surface area contributed by atoms with Gasteiger partial charge in [0.25, 0.3) is 11.5 Å². The van der Waals surface area contributed by atoms with E-state index in [9.17, 15) is 14.4 Å². The Morgan fingerprint density at radius 1 is 1.07 bits per heavy atom. The standard InChI is InChI=1S/C24H27N3O3/c1-4-6-10-22(28)25-20-8-7-9-21-18(20)15-19(23(29)26-21)24(30)27(5-2)17-13-11-16(3)12-14-17/h7-9,11-15H,4-6,10H2,1-3H3,(H,25,28)(H,26,29). The van der Waals surface area contributed by atoms with Crippen LogP contribution in [0, 0.1) is 6.92 Å². The molecule has 2 N–H and O–H groups in total. The minimum atomic E-state index is -0.451. The number of aromatic amines is 1. The maximum Gasteiger partial charge on any atom is 0.263 e. The average molecular weight is 405 g/mol. The molecule has 2 aromatic carbocycles. The highest BCUT2D eigenvalue weighted by molar-refractivity contribution is 6.09. The van der Waals surface area contributed by atoms with Crippen molar-refractivity contribution in [2.75, 3.05) is 16.8 Å². The lowest BCUT2D eigenvalue weighted by Gasteiger charge is -2.21. The first-order chi connectivity index (χ1) is 14.4. The van der Waals surface area contributed by atoms with Crippen LogP contribution in [-0.4, -0.2) is 23.3 Å². The van der Waals surface area contributed by atoms with Crippen LogP contribution in [0.1, 0.15) is 49.0 Å². The topological polar surface area (TPSA) is 82.3 Å². The summed E-state index contributed by atoms with van der Waals surface area (Å²) in [7, 11) is 0. The van der Waals surface area contributed by atoms with Crippen molar-refractivity contribution in [2.24, 2.45) is 0 Å². The minimum absolute atomic E-state index is 0.0418. The second-order valence-corrected chi connectivity index (χ2v) is 7.32. The van der Waals surface area contributed by atoms with E-state index in [4.69, 9.17) is 0 Å². The second-order valence-electron chi connectivity index (χ2n) is 7.32. The van der Waals surface area contributed by atoms with Crippen LogP contribution in [0.25, 0.3) is 10.9 Å². The summed E-state index contributed by atoms with van der Waals surface area (Å²) in [4.78, 5) is 42.4. The van der Waals surface area contributed by atoms with Crippen LogP contribution in [0.2, 0.25) is 0 Å². The molecule has 2 amide bonds. The predicted molar refractivity (Wildman–Crippen MR) is 121 cm³/mol. The molecule has 0 aliphatic carbocycles. The average Bonchev–Trinajstić information content (AvgIpc) is 2.73. The summed E-state index contributed by atoms with van der Waals surface area (Å²) in [6.45, 7) is 6.30. The van der Waals surface area contributed by atoms with Gasteiger partial charge in [0.2, 0.25) is 5.91 Å². The fraction of sp³-hybridized carbons (Fsp3) is 0.292. The van der Waals surface area contributed by atoms with Gasteiger partial charge in [0.15, 0.2) is 0 Å². The Hall–Kier alpha value is -3.41. The van der Waals surface area contributed by atoms with Crippen LogP contribution in [-0.2, 0) is 4.79 Å². The molecule has 0 aliphatic rings. The molecule has 0 bridgehead atoms. The van der Waals surface area contributed by atoms with E-state index in [1.165, 1.54) is 0 Å². The molecule has 0 spiro atoms. The van der Waals surface area contributed by atoms with E-state index in [2.05, 4.69) is 10.3 Å². The molecule has 0 atom stereocenters. The van der Waals surface area contributed by atoms with E-state index in [1.807, 2.05) is 45.0 Å². The number of nitrogens with zero attached hydrogens (tertiary/aromatic N) is 1. The Labute approximate surface area is 175 Å². The molecule has 3 rings (SSSR count). The number of hydrogen-bond acceptors (Lipinski definition) is 3. The summed E-state index contributed by atoms with van der Waals surface area (Å²) in [6.07, 6.45) is 2.17. The number of amides is 2.